The summed E-state index contributed by atoms with van der Waals surface area (Å²) in [5.74, 6) is 0. The first-order valence-corrected chi connectivity index (χ1v) is 0.651. The Morgan fingerprint density at radius 2 is 1.50 bits per heavy atom. The van der Waals surface area contributed by atoms with Gasteiger partial charge in [-0.15, -0.1) is 0 Å². The maximum atomic E-state index is 8.56. The van der Waals surface area contributed by atoms with E-state index < -0.39 is 6.16 Å². The van der Waals surface area contributed by atoms with Crippen LogP contribution in [0.15, 0.2) is 0 Å². The Kier molecular flexibility index (Phi) is 25.8. The van der Waals surface area contributed by atoms with Crippen molar-refractivity contribution in [3.05, 3.63) is 0 Å². The van der Waals surface area contributed by atoms with E-state index in [1.807, 2.05) is 0 Å². The summed E-state index contributed by atoms with van der Waals surface area (Å²) < 4.78 is 0. The standard InChI is InChI=1S/CH2O3.Na.Sr.3H/c2-1(3)4;;;;;/h(H2,2,3,4);;;;;/q;+1;+2;3*-1. The molecule has 0 atom stereocenters. The van der Waals surface area contributed by atoms with Crippen LogP contribution in [0.3, 0.4) is 0 Å². The third kappa shape index (κ3) is 42.4. The normalized spacial score (nSPS) is 4.00. The molecule has 0 saturated heterocycles. The Balaban J connectivity index is -0.00000000450. The molecule has 5 heteroatoms. The maximum absolute atomic E-state index is 8.56. The molecule has 0 heterocycles. The molecule has 0 aromatic heterocycles. The summed E-state index contributed by atoms with van der Waals surface area (Å²) in [6.45, 7) is 0. The topological polar surface area (TPSA) is 57.5 Å². The molecule has 3 nitrogen and oxygen atoms in total. The van der Waals surface area contributed by atoms with Crippen LogP contribution in [0, 0.1) is 0 Å². The number of carbonyl (C=O) groups is 1. The molecule has 0 spiro atoms. The van der Waals surface area contributed by atoms with Crippen molar-refractivity contribution in [2.75, 3.05) is 0 Å². The zero-order valence-electron chi connectivity index (χ0n) is 6.51. The van der Waals surface area contributed by atoms with Crippen molar-refractivity contribution in [2.45, 2.75) is 0 Å². The van der Waals surface area contributed by atoms with Crippen molar-refractivity contribution >= 4 is 51.6 Å². The van der Waals surface area contributed by atoms with Crippen LogP contribution in [0.1, 0.15) is 4.28 Å². The molecule has 0 aliphatic rings. The molecule has 0 unspecified atom stereocenters. The van der Waals surface area contributed by atoms with Crippen molar-refractivity contribution in [3.63, 3.8) is 0 Å². The third-order valence-electron chi connectivity index (χ3n) is 0. The number of carboxylic acid groups (broad SMARTS) is 2. The van der Waals surface area contributed by atoms with Gasteiger partial charge in [0.1, 0.15) is 0 Å². The summed E-state index contributed by atoms with van der Waals surface area (Å²) in [6.07, 6.45) is -1.83. The molecule has 6 heavy (non-hydrogen) atoms. The van der Waals surface area contributed by atoms with Gasteiger partial charge in [-0.1, -0.05) is 0 Å². The van der Waals surface area contributed by atoms with Crippen molar-refractivity contribution in [3.8, 4) is 0 Å². The monoisotopic (exact) mass is 176 g/mol. The van der Waals surface area contributed by atoms with E-state index in [0.29, 0.717) is 0 Å². The fraction of sp³-hybridized carbons (Fsp3) is 0. The molecule has 0 aromatic rings. The molecule has 0 radical (unpaired) electrons. The molecule has 2 N–H and O–H groups in total. The van der Waals surface area contributed by atoms with Crippen molar-refractivity contribution < 1.29 is 48.8 Å². The molecule has 0 aliphatic carbocycles. The molecule has 0 bridgehead atoms. The zero-order valence-corrected chi connectivity index (χ0v) is 8.99. The predicted molar refractivity (Wildman–Crippen MR) is 19.7 cm³/mol. The van der Waals surface area contributed by atoms with E-state index >= 15 is 0 Å². The Morgan fingerprint density at radius 1 is 1.50 bits per heavy atom. The van der Waals surface area contributed by atoms with E-state index in [1.54, 1.807) is 0 Å². The summed E-state index contributed by atoms with van der Waals surface area (Å²) >= 11 is 0. The van der Waals surface area contributed by atoms with Gasteiger partial charge in [0.15, 0.2) is 0 Å². The Labute approximate surface area is 98.7 Å². The summed E-state index contributed by atoms with van der Waals surface area (Å²) in [5, 5.41) is 13.9. The third-order valence-corrected chi connectivity index (χ3v) is 0. The van der Waals surface area contributed by atoms with E-state index in [9.17, 15) is 0 Å². The van der Waals surface area contributed by atoms with E-state index in [0.717, 1.165) is 0 Å². The summed E-state index contributed by atoms with van der Waals surface area (Å²) in [6, 6.07) is 0. The van der Waals surface area contributed by atoms with Crippen LogP contribution < -0.4 is 29.6 Å². The first-order chi connectivity index (χ1) is 1.73. The first-order valence-electron chi connectivity index (χ1n) is 0.651. The molecule has 0 aromatic carbocycles. The summed E-state index contributed by atoms with van der Waals surface area (Å²) in [5.41, 5.74) is 0. The van der Waals surface area contributed by atoms with Gasteiger partial charge in [-0.3, -0.25) is 0 Å². The maximum Gasteiger partial charge on any atom is 2.00 e. The smallest absolute Gasteiger partial charge is 1.00 e. The molecule has 0 rings (SSSR count). The van der Waals surface area contributed by atoms with Gasteiger partial charge in [0.2, 0.25) is 0 Å². The SMILES string of the molecule is O=C(O)O.[H-].[H-].[H-].[Na+].[Sr+2]. The number of hydrogen-bond acceptors (Lipinski definition) is 1. The average molecular weight is 176 g/mol. The predicted octanol–water partition coefficient (Wildman–Crippen LogP) is -2.82. The van der Waals surface area contributed by atoms with Gasteiger partial charge in [0.05, 0.1) is 0 Å². The van der Waals surface area contributed by atoms with Crippen molar-refractivity contribution in [1.82, 2.24) is 0 Å². The first kappa shape index (κ1) is 15.7. The minimum Gasteiger partial charge on any atom is -1.00 e. The van der Waals surface area contributed by atoms with E-state index in [4.69, 9.17) is 15.0 Å². The second kappa shape index (κ2) is 9.89. The van der Waals surface area contributed by atoms with Crippen molar-refractivity contribution in [2.24, 2.45) is 0 Å². The van der Waals surface area contributed by atoms with Crippen molar-refractivity contribution in [1.29, 1.82) is 0 Å². The quantitative estimate of drug-likeness (QED) is 0.391. The Bertz CT molecular complexity index is 42.0. The van der Waals surface area contributed by atoms with Crippen LogP contribution in [-0.4, -0.2) is 61.9 Å². The van der Waals surface area contributed by atoms with Gasteiger partial charge in [-0.05, 0) is 0 Å². The van der Waals surface area contributed by atoms with Gasteiger partial charge in [-0.25, -0.2) is 4.79 Å². The molecule has 0 saturated carbocycles. The Hall–Kier alpha value is 1.75. The summed E-state index contributed by atoms with van der Waals surface area (Å²) in [7, 11) is 0. The largest absolute Gasteiger partial charge is 2.00 e. The molecule has 0 aliphatic heterocycles. The minimum atomic E-state index is -1.83. The number of hydrogen-bond donors (Lipinski definition) is 2. The van der Waals surface area contributed by atoms with Crippen LogP contribution >= 0.6 is 0 Å². The van der Waals surface area contributed by atoms with Gasteiger partial charge in [-0.2, -0.15) is 0 Å². The van der Waals surface area contributed by atoms with Crippen LogP contribution in [0.25, 0.3) is 0 Å². The van der Waals surface area contributed by atoms with Gasteiger partial charge in [0, 0.05) is 0 Å². The Morgan fingerprint density at radius 3 is 1.50 bits per heavy atom. The van der Waals surface area contributed by atoms with Crippen LogP contribution in [-0.2, 0) is 0 Å². The minimum absolute atomic E-state index is 0. The molecular weight excluding hydrogens is 171 g/mol. The zero-order chi connectivity index (χ0) is 3.58. The van der Waals surface area contributed by atoms with Crippen LogP contribution in [0.2, 0.25) is 0 Å². The molecule has 0 fully saturated rings. The molecule has 0 amide bonds. The van der Waals surface area contributed by atoms with E-state index in [1.165, 1.54) is 0 Å². The van der Waals surface area contributed by atoms with Crippen LogP contribution in [0.4, 0.5) is 4.79 Å². The van der Waals surface area contributed by atoms with Crippen LogP contribution in [0.5, 0.6) is 0 Å². The van der Waals surface area contributed by atoms with E-state index in [-0.39, 0.29) is 79.3 Å². The van der Waals surface area contributed by atoms with Gasteiger partial charge in [0.25, 0.3) is 0 Å². The fourth-order valence-corrected chi connectivity index (χ4v) is 0. The van der Waals surface area contributed by atoms with Gasteiger partial charge < -0.3 is 14.5 Å². The van der Waals surface area contributed by atoms with E-state index in [2.05, 4.69) is 0 Å². The molecule has 30 valence electrons. The second-order valence-corrected chi connectivity index (χ2v) is 0.283. The average Bonchev–Trinajstić information content (AvgIpc) is 0.811. The second-order valence-electron chi connectivity index (χ2n) is 0.283. The van der Waals surface area contributed by atoms with Gasteiger partial charge >= 0.3 is 81.2 Å². The summed E-state index contributed by atoms with van der Waals surface area (Å²) in [4.78, 5) is 8.56. The molecular formula is CH5NaO3Sr. The fourth-order valence-electron chi connectivity index (χ4n) is 0. The number of rotatable bonds is 0.